The van der Waals surface area contributed by atoms with E-state index in [0.29, 0.717) is 34.7 Å². The van der Waals surface area contributed by atoms with Gasteiger partial charge in [-0.25, -0.2) is 0 Å². The lowest BCUT2D eigenvalue weighted by atomic mass is 10.0. The zero-order valence-corrected chi connectivity index (χ0v) is 22.5. The lowest BCUT2D eigenvalue weighted by molar-refractivity contribution is -0.118. The zero-order chi connectivity index (χ0) is 26.1. The van der Waals surface area contributed by atoms with Crippen LogP contribution in [0.2, 0.25) is 10.0 Å². The molecule has 7 nitrogen and oxygen atoms in total. The molecule has 3 rings (SSSR count). The predicted octanol–water partition coefficient (Wildman–Crippen LogP) is 5.35. The van der Waals surface area contributed by atoms with Crippen molar-refractivity contribution in [1.29, 1.82) is 0 Å². The molecule has 3 aromatic rings. The Kier molecular flexibility index (Phi) is 10.4. The largest absolute Gasteiger partial charge is 0.355 e. The maximum absolute atomic E-state index is 13.0. The summed E-state index contributed by atoms with van der Waals surface area (Å²) in [4.78, 5) is 25.4. The third kappa shape index (κ3) is 7.59. The molecule has 0 unspecified atom stereocenters. The minimum absolute atomic E-state index is 0.00641. The van der Waals surface area contributed by atoms with E-state index >= 15 is 0 Å². The second kappa shape index (κ2) is 13.5. The van der Waals surface area contributed by atoms with E-state index < -0.39 is 6.04 Å². The third-order valence-electron chi connectivity index (χ3n) is 5.38. The van der Waals surface area contributed by atoms with Crippen LogP contribution >= 0.6 is 35.0 Å². The van der Waals surface area contributed by atoms with Crippen LogP contribution in [0.1, 0.15) is 41.6 Å². The lowest BCUT2D eigenvalue weighted by Gasteiger charge is -2.23. The fraction of sp³-hybridized carbons (Fsp3) is 0.308. The molecule has 190 valence electrons. The zero-order valence-electron chi connectivity index (χ0n) is 20.2. The van der Waals surface area contributed by atoms with Gasteiger partial charge in [-0.3, -0.25) is 9.59 Å². The molecule has 0 saturated carbocycles. The van der Waals surface area contributed by atoms with Crippen LogP contribution in [0.25, 0.3) is 0 Å². The summed E-state index contributed by atoms with van der Waals surface area (Å²) < 4.78 is 1.86. The third-order valence-corrected chi connectivity index (χ3v) is 6.89. The summed E-state index contributed by atoms with van der Waals surface area (Å²) in [6.45, 7) is 8.78. The van der Waals surface area contributed by atoms with Crippen molar-refractivity contribution in [3.05, 3.63) is 88.2 Å². The van der Waals surface area contributed by atoms with E-state index in [9.17, 15) is 9.59 Å². The fourth-order valence-corrected chi connectivity index (χ4v) is 4.81. The number of carbonyl (C=O) groups is 2. The van der Waals surface area contributed by atoms with Crippen molar-refractivity contribution in [3.8, 4) is 0 Å². The number of nitrogens with one attached hydrogen (secondary N) is 2. The van der Waals surface area contributed by atoms with Gasteiger partial charge in [-0.15, -0.1) is 16.8 Å². The van der Waals surface area contributed by atoms with Crippen molar-refractivity contribution >= 4 is 46.8 Å². The number of rotatable bonds is 12. The average Bonchev–Trinajstić information content (AvgIpc) is 3.24. The Hall–Kier alpha value is -2.81. The van der Waals surface area contributed by atoms with Crippen LogP contribution in [0, 0.1) is 5.92 Å². The van der Waals surface area contributed by atoms with E-state index in [0.717, 1.165) is 6.42 Å². The molecule has 0 radical (unpaired) electrons. The van der Waals surface area contributed by atoms with E-state index in [1.54, 1.807) is 18.2 Å². The van der Waals surface area contributed by atoms with Crippen LogP contribution in [0.3, 0.4) is 0 Å². The van der Waals surface area contributed by atoms with Crippen molar-refractivity contribution in [3.63, 3.8) is 0 Å². The van der Waals surface area contributed by atoms with Crippen LogP contribution in [0.5, 0.6) is 0 Å². The maximum Gasteiger partial charge on any atom is 0.253 e. The summed E-state index contributed by atoms with van der Waals surface area (Å²) in [6.07, 6.45) is 2.49. The molecule has 0 aliphatic heterocycles. The van der Waals surface area contributed by atoms with Gasteiger partial charge in [-0.2, -0.15) is 0 Å². The Bertz CT molecular complexity index is 1200. The minimum atomic E-state index is -0.439. The Morgan fingerprint density at radius 3 is 2.56 bits per heavy atom. The van der Waals surface area contributed by atoms with Gasteiger partial charge in [0, 0.05) is 18.1 Å². The molecule has 0 saturated heterocycles. The Balaban J connectivity index is 1.67. The van der Waals surface area contributed by atoms with Gasteiger partial charge in [-0.1, -0.05) is 85.2 Å². The van der Waals surface area contributed by atoms with Crippen molar-refractivity contribution in [1.82, 2.24) is 25.4 Å². The molecule has 2 N–H and O–H groups in total. The molecule has 0 aliphatic carbocycles. The van der Waals surface area contributed by atoms with Crippen LogP contribution in [-0.2, 0) is 17.8 Å². The number of aromatic nitrogens is 3. The molecule has 1 heterocycles. The molecule has 0 aliphatic rings. The van der Waals surface area contributed by atoms with E-state index in [1.807, 2.05) is 48.7 Å². The summed E-state index contributed by atoms with van der Waals surface area (Å²) in [5, 5.41) is 15.9. The molecule has 0 spiro atoms. The van der Waals surface area contributed by atoms with Gasteiger partial charge < -0.3 is 15.2 Å². The van der Waals surface area contributed by atoms with Crippen LogP contribution in [0.4, 0.5) is 0 Å². The van der Waals surface area contributed by atoms with E-state index in [2.05, 4.69) is 27.4 Å². The molecular weight excluding hydrogens is 517 g/mol. The molecule has 36 heavy (non-hydrogen) atoms. The fourth-order valence-electron chi connectivity index (χ4n) is 3.53. The number of halogens is 2. The van der Waals surface area contributed by atoms with Crippen molar-refractivity contribution in [2.45, 2.75) is 38.0 Å². The molecule has 1 aromatic heterocycles. The average molecular weight is 547 g/mol. The summed E-state index contributed by atoms with van der Waals surface area (Å²) in [5.41, 5.74) is 1.49. The highest BCUT2D eigenvalue weighted by Gasteiger charge is 2.27. The second-order valence-electron chi connectivity index (χ2n) is 8.43. The number of thioether (sulfide) groups is 1. The summed E-state index contributed by atoms with van der Waals surface area (Å²) in [7, 11) is 0. The highest BCUT2D eigenvalue weighted by atomic mass is 35.5. The van der Waals surface area contributed by atoms with Crippen LogP contribution in [0.15, 0.2) is 66.3 Å². The predicted molar refractivity (Wildman–Crippen MR) is 146 cm³/mol. The number of allylic oxidation sites excluding steroid dienone is 1. The van der Waals surface area contributed by atoms with Gasteiger partial charge in [-0.05, 0) is 36.1 Å². The number of nitrogens with zero attached hydrogens (tertiary/aromatic N) is 3. The molecule has 2 aromatic carbocycles. The molecular formula is C26H29Cl2N5O2S. The first-order valence-electron chi connectivity index (χ1n) is 11.5. The molecule has 0 fully saturated rings. The van der Waals surface area contributed by atoms with E-state index in [1.165, 1.54) is 23.4 Å². The maximum atomic E-state index is 13.0. The van der Waals surface area contributed by atoms with Crippen molar-refractivity contribution in [2.75, 3.05) is 12.3 Å². The topological polar surface area (TPSA) is 88.9 Å². The van der Waals surface area contributed by atoms with Crippen LogP contribution < -0.4 is 10.6 Å². The normalized spacial score (nSPS) is 11.8. The SMILES string of the molecule is C=CCn1c(SCC(=O)NCCc2ccccc2)nnc1[C@H](NC(=O)c1ccc(Cl)cc1Cl)C(C)C. The summed E-state index contributed by atoms with van der Waals surface area (Å²) in [6, 6.07) is 14.3. The lowest BCUT2D eigenvalue weighted by Crippen LogP contribution is -2.34. The van der Waals surface area contributed by atoms with Gasteiger partial charge in [0.25, 0.3) is 5.91 Å². The number of hydrogen-bond acceptors (Lipinski definition) is 5. The first-order valence-corrected chi connectivity index (χ1v) is 13.3. The van der Waals surface area contributed by atoms with Gasteiger partial charge in [0.15, 0.2) is 11.0 Å². The molecule has 2 amide bonds. The van der Waals surface area contributed by atoms with Gasteiger partial charge in [0.2, 0.25) is 5.91 Å². The van der Waals surface area contributed by atoms with Gasteiger partial charge >= 0.3 is 0 Å². The monoisotopic (exact) mass is 545 g/mol. The van der Waals surface area contributed by atoms with E-state index in [-0.39, 0.29) is 28.5 Å². The number of benzene rings is 2. The number of hydrogen-bond donors (Lipinski definition) is 2. The Morgan fingerprint density at radius 2 is 1.89 bits per heavy atom. The van der Waals surface area contributed by atoms with Crippen LogP contribution in [-0.4, -0.2) is 38.9 Å². The van der Waals surface area contributed by atoms with Gasteiger partial charge in [0.05, 0.1) is 22.4 Å². The smallest absolute Gasteiger partial charge is 0.253 e. The van der Waals surface area contributed by atoms with Gasteiger partial charge in [0.1, 0.15) is 0 Å². The number of amides is 2. The van der Waals surface area contributed by atoms with E-state index in [4.69, 9.17) is 23.2 Å². The minimum Gasteiger partial charge on any atom is -0.355 e. The van der Waals surface area contributed by atoms with Crippen molar-refractivity contribution < 1.29 is 9.59 Å². The molecule has 10 heteroatoms. The highest BCUT2D eigenvalue weighted by Crippen LogP contribution is 2.27. The summed E-state index contributed by atoms with van der Waals surface area (Å²) in [5.74, 6) is 0.359. The first-order chi connectivity index (χ1) is 17.3. The quantitative estimate of drug-likeness (QED) is 0.236. The molecule has 1 atom stereocenters. The Morgan fingerprint density at radius 1 is 1.14 bits per heavy atom. The first kappa shape index (κ1) is 27.8. The molecule has 0 bridgehead atoms. The highest BCUT2D eigenvalue weighted by molar-refractivity contribution is 7.99. The second-order valence-corrected chi connectivity index (χ2v) is 10.2. The Labute approximate surface area is 225 Å². The summed E-state index contributed by atoms with van der Waals surface area (Å²) >= 11 is 13.5. The standard InChI is InChI=1S/C26H29Cl2N5O2S/c1-4-14-33-24(23(17(2)3)30-25(35)20-11-10-19(27)15-21(20)28)31-32-26(33)36-16-22(34)29-13-12-18-8-6-5-7-9-18/h4-11,15,17,23H,1,12-14,16H2,2-3H3,(H,29,34)(H,30,35)/t23-/m1/s1. The number of carbonyl (C=O) groups excluding carboxylic acids is 2. The van der Waals surface area contributed by atoms with Crippen molar-refractivity contribution in [2.24, 2.45) is 5.92 Å².